The van der Waals surface area contributed by atoms with Crippen LogP contribution in [0.3, 0.4) is 0 Å². The maximum atomic E-state index is 13.5. The van der Waals surface area contributed by atoms with Gasteiger partial charge in [0.25, 0.3) is 5.56 Å². The summed E-state index contributed by atoms with van der Waals surface area (Å²) in [5.74, 6) is -1.95. The second-order valence-electron chi connectivity index (χ2n) is 7.35. The summed E-state index contributed by atoms with van der Waals surface area (Å²) in [6.45, 7) is 0. The number of nitrogens with one attached hydrogen (secondary N) is 1. The molecule has 1 amide bonds. The molecule has 8 nitrogen and oxygen atoms in total. The third kappa shape index (κ3) is 4.21. The lowest BCUT2D eigenvalue weighted by Gasteiger charge is -2.10. The van der Waals surface area contributed by atoms with E-state index in [0.29, 0.717) is 12.1 Å². The number of amides is 1. The molecule has 0 saturated heterocycles. The maximum Gasteiger partial charge on any atom is 0.419 e. The number of fused-ring (bicyclic) bond motifs is 1. The van der Waals surface area contributed by atoms with Crippen molar-refractivity contribution >= 4 is 33.3 Å². The number of carbonyl (C=O) groups is 1. The summed E-state index contributed by atoms with van der Waals surface area (Å²) in [7, 11) is 2.80. The first-order valence-electron chi connectivity index (χ1n) is 9.62. The van der Waals surface area contributed by atoms with Crippen LogP contribution in [0.1, 0.15) is 11.1 Å². The smallest absolute Gasteiger partial charge is 0.302 e. The van der Waals surface area contributed by atoms with E-state index in [0.717, 1.165) is 22.0 Å². The number of hydrogen-bond donors (Lipinski definition) is 1. The molecule has 0 aliphatic rings. The zero-order chi connectivity index (χ0) is 24.8. The molecule has 34 heavy (non-hydrogen) atoms. The van der Waals surface area contributed by atoms with Crippen molar-refractivity contribution in [1.82, 2.24) is 19.1 Å². The van der Waals surface area contributed by atoms with E-state index in [4.69, 9.17) is 0 Å². The zero-order valence-electron chi connectivity index (χ0n) is 17.6. The summed E-state index contributed by atoms with van der Waals surface area (Å²) in [5.41, 5.74) is -1.80. The van der Waals surface area contributed by atoms with Crippen LogP contribution in [0.4, 0.5) is 22.7 Å². The summed E-state index contributed by atoms with van der Waals surface area (Å²) in [6, 6.07) is 2.52. The summed E-state index contributed by atoms with van der Waals surface area (Å²) >= 11 is 0.969. The molecule has 3 heterocycles. The number of rotatable bonds is 4. The maximum absolute atomic E-state index is 13.5. The summed E-state index contributed by atoms with van der Waals surface area (Å²) < 4.78 is 54.6. The molecule has 13 heteroatoms. The highest BCUT2D eigenvalue weighted by molar-refractivity contribution is 7.14. The number of alkyl halides is 3. The normalized spacial score (nSPS) is 11.7. The average Bonchev–Trinajstić information content (AvgIpc) is 3.23. The van der Waals surface area contributed by atoms with Gasteiger partial charge >= 0.3 is 11.9 Å². The number of carbonyl (C=O) groups excluding carboxylic acids is 1. The highest BCUT2D eigenvalue weighted by Gasteiger charge is 2.34. The number of pyridine rings is 1. The van der Waals surface area contributed by atoms with E-state index >= 15 is 0 Å². The molecular weight excluding hydrogens is 478 g/mol. The van der Waals surface area contributed by atoms with Crippen LogP contribution < -0.4 is 16.6 Å². The molecule has 4 aromatic rings. The van der Waals surface area contributed by atoms with Crippen LogP contribution in [0.5, 0.6) is 0 Å². The fourth-order valence-corrected chi connectivity index (χ4v) is 4.15. The molecule has 0 unspecified atom stereocenters. The largest absolute Gasteiger partial charge is 0.419 e. The summed E-state index contributed by atoms with van der Waals surface area (Å²) in [4.78, 5) is 45.4. The predicted octanol–water partition coefficient (Wildman–Crippen LogP) is 3.09. The number of thiazole rings is 1. The number of aryl methyl sites for hydroxylation is 1. The van der Waals surface area contributed by atoms with Gasteiger partial charge in [-0.15, -0.1) is 11.3 Å². The van der Waals surface area contributed by atoms with Crippen molar-refractivity contribution in [1.29, 1.82) is 0 Å². The van der Waals surface area contributed by atoms with Crippen molar-refractivity contribution < 1.29 is 22.4 Å². The molecule has 0 aliphatic carbocycles. The minimum Gasteiger partial charge on any atom is -0.302 e. The van der Waals surface area contributed by atoms with E-state index in [-0.39, 0.29) is 39.3 Å². The molecule has 3 aromatic heterocycles. The average molecular weight is 493 g/mol. The second-order valence-corrected chi connectivity index (χ2v) is 8.21. The number of anilines is 1. The van der Waals surface area contributed by atoms with Gasteiger partial charge in [-0.25, -0.2) is 14.2 Å². The molecule has 0 aliphatic heterocycles. The fourth-order valence-electron chi connectivity index (χ4n) is 3.41. The first kappa shape index (κ1) is 23.3. The molecule has 0 saturated carbocycles. The van der Waals surface area contributed by atoms with Gasteiger partial charge in [-0.3, -0.25) is 23.7 Å². The van der Waals surface area contributed by atoms with Gasteiger partial charge in [0, 0.05) is 31.2 Å². The van der Waals surface area contributed by atoms with Crippen LogP contribution in [0, 0.1) is 5.82 Å². The molecule has 0 radical (unpaired) electrons. The van der Waals surface area contributed by atoms with Crippen molar-refractivity contribution in [3.05, 3.63) is 73.8 Å². The Bertz CT molecular complexity index is 1560. The Morgan fingerprint density at radius 2 is 1.88 bits per heavy atom. The molecule has 1 aromatic carbocycles. The monoisotopic (exact) mass is 493 g/mol. The Morgan fingerprint density at radius 3 is 2.59 bits per heavy atom. The Kier molecular flexibility index (Phi) is 5.81. The van der Waals surface area contributed by atoms with Gasteiger partial charge in [0.2, 0.25) is 5.91 Å². The molecule has 0 spiro atoms. The number of hydrogen-bond acceptors (Lipinski definition) is 6. The van der Waals surface area contributed by atoms with E-state index in [1.807, 2.05) is 0 Å². The van der Waals surface area contributed by atoms with Crippen LogP contribution in [0.25, 0.3) is 22.2 Å². The minimum absolute atomic E-state index is 0.0353. The lowest BCUT2D eigenvalue weighted by atomic mass is 10.1. The molecule has 176 valence electrons. The van der Waals surface area contributed by atoms with Crippen LogP contribution >= 0.6 is 11.3 Å². The third-order valence-electron chi connectivity index (χ3n) is 5.13. The molecule has 0 atom stereocenters. The van der Waals surface area contributed by atoms with Gasteiger partial charge in [-0.2, -0.15) is 13.2 Å². The standard InChI is InChI=1S/C21H15F4N5O3S/c1-29-15-8-26-7-11(17(15)18(32)30(2)20(29)33)6-16(31)28-19-27-14(9-34-19)10-3-4-13(22)12(5-10)21(23,24)25/h3-5,7-9H,6H2,1-2H3,(H,27,28,31). The van der Waals surface area contributed by atoms with Gasteiger partial charge in [0.05, 0.1) is 34.8 Å². The Balaban J connectivity index is 1.59. The highest BCUT2D eigenvalue weighted by atomic mass is 32.1. The number of benzene rings is 1. The first-order valence-corrected chi connectivity index (χ1v) is 10.5. The quantitative estimate of drug-likeness (QED) is 0.441. The lowest BCUT2D eigenvalue weighted by Crippen LogP contribution is -2.37. The van der Waals surface area contributed by atoms with Crippen molar-refractivity contribution in [3.63, 3.8) is 0 Å². The van der Waals surface area contributed by atoms with Crippen LogP contribution in [-0.4, -0.2) is 25.0 Å². The van der Waals surface area contributed by atoms with Crippen LogP contribution in [0.15, 0.2) is 45.6 Å². The van der Waals surface area contributed by atoms with E-state index in [9.17, 15) is 31.9 Å². The fraction of sp³-hybridized carbons (Fsp3) is 0.190. The van der Waals surface area contributed by atoms with Gasteiger partial charge in [-0.1, -0.05) is 0 Å². The van der Waals surface area contributed by atoms with Gasteiger partial charge in [0.1, 0.15) is 5.82 Å². The Morgan fingerprint density at radius 1 is 1.15 bits per heavy atom. The second kappa shape index (κ2) is 8.48. The lowest BCUT2D eigenvalue weighted by molar-refractivity contribution is -0.140. The first-order chi connectivity index (χ1) is 16.0. The Labute approximate surface area is 192 Å². The van der Waals surface area contributed by atoms with Gasteiger partial charge < -0.3 is 5.32 Å². The van der Waals surface area contributed by atoms with E-state index in [2.05, 4.69) is 15.3 Å². The summed E-state index contributed by atoms with van der Waals surface area (Å²) in [5, 5.41) is 4.22. The minimum atomic E-state index is -4.86. The van der Waals surface area contributed by atoms with Crippen molar-refractivity contribution in [2.75, 3.05) is 5.32 Å². The van der Waals surface area contributed by atoms with Gasteiger partial charge in [-0.05, 0) is 23.8 Å². The molecule has 4 rings (SSSR count). The summed E-state index contributed by atoms with van der Waals surface area (Å²) in [6.07, 6.45) is -2.43. The third-order valence-corrected chi connectivity index (χ3v) is 5.88. The molecule has 0 bridgehead atoms. The van der Waals surface area contributed by atoms with Crippen LogP contribution in [0.2, 0.25) is 0 Å². The van der Waals surface area contributed by atoms with E-state index in [1.54, 1.807) is 0 Å². The van der Waals surface area contributed by atoms with Crippen molar-refractivity contribution in [3.8, 4) is 11.3 Å². The molecule has 0 fully saturated rings. The number of halogens is 4. The SMILES string of the molecule is Cn1c(=O)c2c(CC(=O)Nc3nc(-c4ccc(F)c(C(F)(F)F)c4)cs3)cncc2n(C)c1=O. The van der Waals surface area contributed by atoms with E-state index in [1.165, 1.54) is 36.4 Å². The molecular formula is C21H15F4N5O3S. The van der Waals surface area contributed by atoms with E-state index < -0.39 is 34.7 Å². The zero-order valence-corrected chi connectivity index (χ0v) is 18.4. The predicted molar refractivity (Wildman–Crippen MR) is 117 cm³/mol. The van der Waals surface area contributed by atoms with Crippen molar-refractivity contribution in [2.24, 2.45) is 14.1 Å². The van der Waals surface area contributed by atoms with Crippen LogP contribution in [-0.2, 0) is 31.5 Å². The molecule has 1 N–H and O–H groups in total. The number of aromatic nitrogens is 4. The number of nitrogens with zero attached hydrogens (tertiary/aromatic N) is 4. The van der Waals surface area contributed by atoms with Gasteiger partial charge in [0.15, 0.2) is 5.13 Å². The highest BCUT2D eigenvalue weighted by Crippen LogP contribution is 2.35. The Hall–Kier alpha value is -3.87. The van der Waals surface area contributed by atoms with Crippen molar-refractivity contribution in [2.45, 2.75) is 12.6 Å². The topological polar surface area (TPSA) is 98.9 Å².